The third kappa shape index (κ3) is 4.81. The van der Waals surface area contributed by atoms with Gasteiger partial charge in [-0.3, -0.25) is 9.59 Å². The van der Waals surface area contributed by atoms with E-state index in [2.05, 4.69) is 26.1 Å². The van der Waals surface area contributed by atoms with Crippen molar-refractivity contribution >= 4 is 23.0 Å². The van der Waals surface area contributed by atoms with Crippen LogP contribution in [-0.2, 0) is 11.2 Å². The molecular weight excluding hydrogens is 322 g/mol. The number of ketones is 1. The molecule has 1 amide bonds. The largest absolute Gasteiger partial charge is 0.464 e. The number of carbonyl (C=O) groups is 2. The predicted molar refractivity (Wildman–Crippen MR) is 96.3 cm³/mol. The second-order valence-electron chi connectivity index (χ2n) is 6.92. The van der Waals surface area contributed by atoms with Gasteiger partial charge >= 0.3 is 0 Å². The Hall–Kier alpha value is -1.88. The van der Waals surface area contributed by atoms with Crippen molar-refractivity contribution in [3.8, 4) is 0 Å². The number of aryl methyl sites for hydroxylation is 1. The minimum absolute atomic E-state index is 0.0127. The smallest absolute Gasteiger partial charge is 0.221 e. The minimum Gasteiger partial charge on any atom is -0.464 e. The van der Waals surface area contributed by atoms with Gasteiger partial charge in [0.15, 0.2) is 5.78 Å². The molecule has 1 unspecified atom stereocenters. The molecule has 24 heavy (non-hydrogen) atoms. The van der Waals surface area contributed by atoms with Crippen molar-refractivity contribution in [1.29, 1.82) is 0 Å². The standard InChI is InChI=1S/C19H25NO3S/c1-5-13-8-10-15(23-13)18(19(2,3)4)20-17(22)11-9-14(21)16-7-6-12-24-16/h6-8,10,12,18H,5,9,11H2,1-4H3,(H,20,22). The predicted octanol–water partition coefficient (Wildman–Crippen LogP) is 4.77. The van der Waals surface area contributed by atoms with Gasteiger partial charge in [-0.05, 0) is 29.0 Å². The van der Waals surface area contributed by atoms with Crippen LogP contribution in [0.25, 0.3) is 0 Å². The van der Waals surface area contributed by atoms with Gasteiger partial charge in [0.1, 0.15) is 11.5 Å². The van der Waals surface area contributed by atoms with Crippen molar-refractivity contribution in [3.05, 3.63) is 46.0 Å². The molecule has 0 aliphatic heterocycles. The third-order valence-electron chi connectivity index (χ3n) is 3.86. The first-order valence-electron chi connectivity index (χ1n) is 8.26. The number of nitrogens with one attached hydrogen (secondary N) is 1. The molecule has 0 radical (unpaired) electrons. The van der Waals surface area contributed by atoms with Gasteiger partial charge in [0.25, 0.3) is 0 Å². The lowest BCUT2D eigenvalue weighted by Gasteiger charge is -2.30. The summed E-state index contributed by atoms with van der Waals surface area (Å²) in [5.41, 5.74) is -0.184. The van der Waals surface area contributed by atoms with Gasteiger partial charge in [-0.2, -0.15) is 0 Å². The van der Waals surface area contributed by atoms with E-state index in [0.29, 0.717) is 4.88 Å². The quantitative estimate of drug-likeness (QED) is 0.734. The van der Waals surface area contributed by atoms with Crippen LogP contribution in [0, 0.1) is 5.41 Å². The lowest BCUT2D eigenvalue weighted by atomic mass is 9.85. The van der Waals surface area contributed by atoms with E-state index in [4.69, 9.17) is 4.42 Å². The maximum Gasteiger partial charge on any atom is 0.221 e. The summed E-state index contributed by atoms with van der Waals surface area (Å²) < 4.78 is 5.83. The SMILES string of the molecule is CCc1ccc(C(NC(=O)CCC(=O)c2cccs2)C(C)(C)C)o1. The van der Waals surface area contributed by atoms with Gasteiger partial charge in [-0.25, -0.2) is 0 Å². The zero-order valence-electron chi connectivity index (χ0n) is 14.7. The van der Waals surface area contributed by atoms with Gasteiger partial charge in [0, 0.05) is 19.3 Å². The Labute approximate surface area is 147 Å². The van der Waals surface area contributed by atoms with Crippen LogP contribution < -0.4 is 5.32 Å². The Bertz CT molecular complexity index is 680. The molecule has 0 saturated heterocycles. The first-order valence-corrected chi connectivity index (χ1v) is 9.14. The lowest BCUT2D eigenvalue weighted by molar-refractivity contribution is -0.122. The number of hydrogen-bond donors (Lipinski definition) is 1. The molecule has 2 aromatic heterocycles. The van der Waals surface area contributed by atoms with E-state index in [-0.39, 0.29) is 36.0 Å². The first kappa shape index (κ1) is 18.5. The van der Waals surface area contributed by atoms with E-state index in [9.17, 15) is 9.59 Å². The van der Waals surface area contributed by atoms with E-state index in [1.165, 1.54) is 11.3 Å². The van der Waals surface area contributed by atoms with Crippen molar-refractivity contribution in [3.63, 3.8) is 0 Å². The van der Waals surface area contributed by atoms with Crippen LogP contribution >= 0.6 is 11.3 Å². The van der Waals surface area contributed by atoms with Gasteiger partial charge in [0.05, 0.1) is 10.9 Å². The molecule has 130 valence electrons. The van der Waals surface area contributed by atoms with Crippen LogP contribution in [-0.4, -0.2) is 11.7 Å². The van der Waals surface area contributed by atoms with E-state index in [1.807, 2.05) is 30.5 Å². The Balaban J connectivity index is 1.98. The molecule has 1 N–H and O–H groups in total. The fraction of sp³-hybridized carbons (Fsp3) is 0.474. The van der Waals surface area contributed by atoms with Crippen LogP contribution in [0.15, 0.2) is 34.1 Å². The number of Topliss-reactive ketones (excluding diaryl/α,β-unsaturated/α-hetero) is 1. The van der Waals surface area contributed by atoms with Crippen molar-refractivity contribution in [2.24, 2.45) is 5.41 Å². The van der Waals surface area contributed by atoms with Gasteiger partial charge < -0.3 is 9.73 Å². The topological polar surface area (TPSA) is 59.3 Å². The molecule has 4 nitrogen and oxygen atoms in total. The Morgan fingerprint density at radius 3 is 2.50 bits per heavy atom. The minimum atomic E-state index is -0.220. The summed E-state index contributed by atoms with van der Waals surface area (Å²) in [4.78, 5) is 25.0. The summed E-state index contributed by atoms with van der Waals surface area (Å²) in [5.74, 6) is 1.55. The van der Waals surface area contributed by atoms with Crippen LogP contribution in [0.1, 0.15) is 67.8 Å². The lowest BCUT2D eigenvalue weighted by Crippen LogP contribution is -2.36. The molecule has 2 rings (SSSR count). The summed E-state index contributed by atoms with van der Waals surface area (Å²) in [6, 6.07) is 7.28. The average Bonchev–Trinajstić information content (AvgIpc) is 3.19. The third-order valence-corrected chi connectivity index (χ3v) is 4.77. The maximum absolute atomic E-state index is 12.3. The fourth-order valence-electron chi connectivity index (χ4n) is 2.47. The molecule has 0 aliphatic rings. The molecule has 0 spiro atoms. The highest BCUT2D eigenvalue weighted by atomic mass is 32.1. The zero-order valence-corrected chi connectivity index (χ0v) is 15.5. The number of rotatable bonds is 7. The number of thiophene rings is 1. The number of hydrogen-bond acceptors (Lipinski definition) is 4. The van der Waals surface area contributed by atoms with Crippen molar-refractivity contribution in [2.45, 2.75) is 53.0 Å². The maximum atomic E-state index is 12.3. The highest BCUT2D eigenvalue weighted by molar-refractivity contribution is 7.12. The number of carbonyl (C=O) groups excluding carboxylic acids is 2. The highest BCUT2D eigenvalue weighted by Gasteiger charge is 2.30. The van der Waals surface area contributed by atoms with E-state index in [0.717, 1.165) is 17.9 Å². The Morgan fingerprint density at radius 1 is 1.21 bits per heavy atom. The van der Waals surface area contributed by atoms with Crippen molar-refractivity contribution in [1.82, 2.24) is 5.32 Å². The molecular formula is C19H25NO3S. The Morgan fingerprint density at radius 2 is 1.96 bits per heavy atom. The van der Waals surface area contributed by atoms with Crippen molar-refractivity contribution in [2.75, 3.05) is 0 Å². The van der Waals surface area contributed by atoms with E-state index in [1.54, 1.807) is 6.07 Å². The van der Waals surface area contributed by atoms with Crippen LogP contribution in [0.3, 0.4) is 0 Å². The molecule has 2 aromatic rings. The number of amides is 1. The van der Waals surface area contributed by atoms with E-state index < -0.39 is 0 Å². The molecule has 0 aromatic carbocycles. The van der Waals surface area contributed by atoms with Gasteiger partial charge in [0.2, 0.25) is 5.91 Å². The second kappa shape index (κ2) is 7.79. The molecule has 5 heteroatoms. The molecule has 2 heterocycles. The fourth-order valence-corrected chi connectivity index (χ4v) is 3.17. The highest BCUT2D eigenvalue weighted by Crippen LogP contribution is 2.34. The summed E-state index contributed by atoms with van der Waals surface area (Å²) in [6.07, 6.45) is 1.23. The molecule has 0 aliphatic carbocycles. The van der Waals surface area contributed by atoms with E-state index >= 15 is 0 Å². The molecule has 0 saturated carbocycles. The van der Waals surface area contributed by atoms with Crippen LogP contribution in [0.2, 0.25) is 0 Å². The van der Waals surface area contributed by atoms with Crippen LogP contribution in [0.5, 0.6) is 0 Å². The normalized spacial score (nSPS) is 12.8. The van der Waals surface area contributed by atoms with Gasteiger partial charge in [-0.15, -0.1) is 11.3 Å². The average molecular weight is 347 g/mol. The Kier molecular flexibility index (Phi) is 5.99. The second-order valence-corrected chi connectivity index (χ2v) is 7.87. The van der Waals surface area contributed by atoms with Gasteiger partial charge in [-0.1, -0.05) is 33.8 Å². The zero-order chi connectivity index (χ0) is 17.7. The molecule has 0 bridgehead atoms. The summed E-state index contributed by atoms with van der Waals surface area (Å²) >= 11 is 1.41. The summed E-state index contributed by atoms with van der Waals surface area (Å²) in [6.45, 7) is 8.21. The van der Waals surface area contributed by atoms with Crippen LogP contribution in [0.4, 0.5) is 0 Å². The first-order chi connectivity index (χ1) is 11.3. The monoisotopic (exact) mass is 347 g/mol. The number of furan rings is 1. The van der Waals surface area contributed by atoms with Crippen molar-refractivity contribution < 1.29 is 14.0 Å². The molecule has 0 fully saturated rings. The summed E-state index contributed by atoms with van der Waals surface area (Å²) in [5, 5.41) is 4.90. The molecule has 1 atom stereocenters. The summed E-state index contributed by atoms with van der Waals surface area (Å²) in [7, 11) is 0.